The van der Waals surface area contributed by atoms with E-state index in [2.05, 4.69) is 0 Å². The van der Waals surface area contributed by atoms with Crippen LogP contribution in [-0.2, 0) is 13.5 Å². The summed E-state index contributed by atoms with van der Waals surface area (Å²) < 4.78 is 1.89. The minimum absolute atomic E-state index is 0.159. The molecule has 0 atom stereocenters. The lowest BCUT2D eigenvalue weighted by Crippen LogP contribution is -2.13. The molecular weight excluding hydrogens is 230 g/mol. The van der Waals surface area contributed by atoms with Crippen molar-refractivity contribution in [3.8, 4) is 0 Å². The third-order valence-electron chi connectivity index (χ3n) is 3.65. The molecule has 1 aliphatic carbocycles. The van der Waals surface area contributed by atoms with Gasteiger partial charge >= 0.3 is 5.97 Å². The maximum atomic E-state index is 12.0. The van der Waals surface area contributed by atoms with Gasteiger partial charge in [0.15, 0.2) is 5.78 Å². The number of aryl methyl sites for hydroxylation is 2. The second-order valence-corrected chi connectivity index (χ2v) is 4.70. The van der Waals surface area contributed by atoms with Crippen LogP contribution in [0, 0.1) is 0 Å². The van der Waals surface area contributed by atoms with Crippen LogP contribution in [0.4, 0.5) is 0 Å². The van der Waals surface area contributed by atoms with Gasteiger partial charge in [0.2, 0.25) is 0 Å². The SMILES string of the molecule is Cn1c2c(c3cc(C(=O)O)ccc31)CCCC2=O. The Morgan fingerprint density at radius 1 is 1.33 bits per heavy atom. The highest BCUT2D eigenvalue weighted by atomic mass is 16.4. The number of aromatic carboxylic acids is 1. The number of carbonyl (C=O) groups is 2. The molecule has 0 aliphatic heterocycles. The molecule has 2 aromatic rings. The van der Waals surface area contributed by atoms with Crippen LogP contribution < -0.4 is 0 Å². The van der Waals surface area contributed by atoms with Crippen molar-refractivity contribution in [1.82, 2.24) is 4.57 Å². The molecule has 0 bridgehead atoms. The summed E-state index contributed by atoms with van der Waals surface area (Å²) in [6, 6.07) is 5.04. The lowest BCUT2D eigenvalue weighted by molar-refractivity contribution is 0.0697. The third-order valence-corrected chi connectivity index (χ3v) is 3.65. The monoisotopic (exact) mass is 243 g/mol. The fraction of sp³-hybridized carbons (Fsp3) is 0.286. The number of carbonyl (C=O) groups excluding carboxylic acids is 1. The molecule has 4 nitrogen and oxygen atoms in total. The predicted molar refractivity (Wildman–Crippen MR) is 67.1 cm³/mol. The molecule has 0 amide bonds. The maximum Gasteiger partial charge on any atom is 0.335 e. The summed E-state index contributed by atoms with van der Waals surface area (Å²) in [7, 11) is 1.87. The molecule has 0 radical (unpaired) electrons. The number of hydrogen-bond donors (Lipinski definition) is 1. The highest BCUT2D eigenvalue weighted by molar-refractivity contribution is 6.05. The number of hydrogen-bond acceptors (Lipinski definition) is 2. The summed E-state index contributed by atoms with van der Waals surface area (Å²) >= 11 is 0. The minimum Gasteiger partial charge on any atom is -0.478 e. The molecule has 1 heterocycles. The molecule has 18 heavy (non-hydrogen) atoms. The molecule has 0 spiro atoms. The summed E-state index contributed by atoms with van der Waals surface area (Å²) in [6.45, 7) is 0. The molecule has 4 heteroatoms. The van der Waals surface area contributed by atoms with Crippen molar-refractivity contribution in [2.45, 2.75) is 19.3 Å². The smallest absolute Gasteiger partial charge is 0.335 e. The minimum atomic E-state index is -0.934. The van der Waals surface area contributed by atoms with Crippen molar-refractivity contribution in [2.24, 2.45) is 7.05 Å². The molecule has 0 fully saturated rings. The summed E-state index contributed by atoms with van der Waals surface area (Å²) in [5.74, 6) is -0.775. The Kier molecular flexibility index (Phi) is 2.26. The number of nitrogens with zero attached hydrogens (tertiary/aromatic N) is 1. The third kappa shape index (κ3) is 1.38. The summed E-state index contributed by atoms with van der Waals surface area (Å²) in [5.41, 5.74) is 2.96. The number of Topliss-reactive ketones (excluding diaryl/α,β-unsaturated/α-hetero) is 1. The van der Waals surface area contributed by atoms with Crippen LogP contribution in [0.5, 0.6) is 0 Å². The zero-order valence-corrected chi connectivity index (χ0v) is 10.1. The van der Waals surface area contributed by atoms with Crippen LogP contribution in [0.3, 0.4) is 0 Å². The van der Waals surface area contributed by atoms with Crippen LogP contribution in [0.1, 0.15) is 39.3 Å². The molecule has 0 unspecified atom stereocenters. The van der Waals surface area contributed by atoms with Gasteiger partial charge in [0.1, 0.15) is 0 Å². The van der Waals surface area contributed by atoms with Crippen molar-refractivity contribution in [2.75, 3.05) is 0 Å². The molecule has 0 saturated heterocycles. The fourth-order valence-electron chi connectivity index (χ4n) is 2.81. The number of benzene rings is 1. The number of ketones is 1. The molecule has 1 N–H and O–H groups in total. The van der Waals surface area contributed by atoms with E-state index in [-0.39, 0.29) is 11.3 Å². The molecule has 92 valence electrons. The van der Waals surface area contributed by atoms with Gasteiger partial charge in [0, 0.05) is 24.4 Å². The van der Waals surface area contributed by atoms with E-state index in [4.69, 9.17) is 5.11 Å². The number of fused-ring (bicyclic) bond motifs is 3. The molecule has 1 aromatic carbocycles. The quantitative estimate of drug-likeness (QED) is 0.836. The van der Waals surface area contributed by atoms with E-state index in [9.17, 15) is 9.59 Å². The lowest BCUT2D eigenvalue weighted by Gasteiger charge is -2.11. The van der Waals surface area contributed by atoms with Crippen molar-refractivity contribution >= 4 is 22.7 Å². The number of carboxylic acid groups (broad SMARTS) is 1. The Hall–Kier alpha value is -2.10. The van der Waals surface area contributed by atoms with E-state index in [1.165, 1.54) is 0 Å². The van der Waals surface area contributed by atoms with Gasteiger partial charge in [-0.25, -0.2) is 4.79 Å². The van der Waals surface area contributed by atoms with E-state index in [0.29, 0.717) is 6.42 Å². The van der Waals surface area contributed by atoms with Gasteiger partial charge in [0.25, 0.3) is 0 Å². The second-order valence-electron chi connectivity index (χ2n) is 4.70. The zero-order valence-electron chi connectivity index (χ0n) is 10.1. The zero-order chi connectivity index (χ0) is 12.9. The summed E-state index contributed by atoms with van der Waals surface area (Å²) in [5, 5.41) is 9.94. The van der Waals surface area contributed by atoms with Crippen molar-refractivity contribution in [3.63, 3.8) is 0 Å². The van der Waals surface area contributed by atoms with Gasteiger partial charge in [-0.05, 0) is 36.6 Å². The fourth-order valence-corrected chi connectivity index (χ4v) is 2.81. The van der Waals surface area contributed by atoms with Crippen LogP contribution >= 0.6 is 0 Å². The van der Waals surface area contributed by atoms with Gasteiger partial charge in [-0.2, -0.15) is 0 Å². The average Bonchev–Trinajstić information content (AvgIpc) is 2.64. The number of carboxylic acids is 1. The number of rotatable bonds is 1. The highest BCUT2D eigenvalue weighted by Gasteiger charge is 2.24. The van der Waals surface area contributed by atoms with E-state index in [1.54, 1.807) is 18.2 Å². The normalized spacial score (nSPS) is 14.8. The Morgan fingerprint density at radius 2 is 2.11 bits per heavy atom. The molecule has 1 aromatic heterocycles. The highest BCUT2D eigenvalue weighted by Crippen LogP contribution is 2.31. The van der Waals surface area contributed by atoms with Gasteiger partial charge in [0.05, 0.1) is 11.3 Å². The van der Waals surface area contributed by atoms with Crippen LogP contribution in [-0.4, -0.2) is 21.4 Å². The maximum absolute atomic E-state index is 12.0. The lowest BCUT2D eigenvalue weighted by atomic mass is 9.94. The Morgan fingerprint density at radius 3 is 2.83 bits per heavy atom. The van der Waals surface area contributed by atoms with E-state index < -0.39 is 5.97 Å². The van der Waals surface area contributed by atoms with Crippen LogP contribution in [0.2, 0.25) is 0 Å². The molecular formula is C14H13NO3. The molecule has 1 aliphatic rings. The molecule has 3 rings (SSSR count). The van der Waals surface area contributed by atoms with Gasteiger partial charge < -0.3 is 9.67 Å². The first kappa shape index (κ1) is 11.0. The Balaban J connectivity index is 2.36. The summed E-state index contributed by atoms with van der Waals surface area (Å²) in [6.07, 6.45) is 2.28. The average molecular weight is 243 g/mol. The van der Waals surface area contributed by atoms with E-state index in [0.717, 1.165) is 35.0 Å². The van der Waals surface area contributed by atoms with Crippen LogP contribution in [0.25, 0.3) is 10.9 Å². The first-order valence-electron chi connectivity index (χ1n) is 5.97. The Bertz CT molecular complexity index is 682. The van der Waals surface area contributed by atoms with Crippen molar-refractivity contribution in [3.05, 3.63) is 35.0 Å². The number of aromatic nitrogens is 1. The second kappa shape index (κ2) is 3.70. The largest absolute Gasteiger partial charge is 0.478 e. The predicted octanol–water partition coefficient (Wildman–Crippen LogP) is 2.40. The topological polar surface area (TPSA) is 59.3 Å². The standard InChI is InChI=1S/C14H13NO3/c1-15-11-6-5-8(14(17)18)7-10(11)9-3-2-4-12(16)13(9)15/h5-7H,2-4H2,1H3,(H,17,18). The Labute approximate surface area is 104 Å². The van der Waals surface area contributed by atoms with Gasteiger partial charge in [-0.1, -0.05) is 0 Å². The van der Waals surface area contributed by atoms with Gasteiger partial charge in [-0.15, -0.1) is 0 Å². The van der Waals surface area contributed by atoms with E-state index in [1.807, 2.05) is 11.6 Å². The van der Waals surface area contributed by atoms with Gasteiger partial charge in [-0.3, -0.25) is 4.79 Å². The van der Waals surface area contributed by atoms with E-state index >= 15 is 0 Å². The van der Waals surface area contributed by atoms with Crippen LogP contribution in [0.15, 0.2) is 18.2 Å². The van der Waals surface area contributed by atoms with Crippen molar-refractivity contribution < 1.29 is 14.7 Å². The first-order chi connectivity index (χ1) is 8.59. The first-order valence-corrected chi connectivity index (χ1v) is 5.97. The van der Waals surface area contributed by atoms with Crippen molar-refractivity contribution in [1.29, 1.82) is 0 Å². The summed E-state index contributed by atoms with van der Waals surface area (Å²) in [4.78, 5) is 23.0. The molecule has 0 saturated carbocycles.